The van der Waals surface area contributed by atoms with Crippen LogP contribution in [-0.4, -0.2) is 57.1 Å². The molecule has 6 aromatic rings. The third kappa shape index (κ3) is 11.3. The van der Waals surface area contributed by atoms with Crippen LogP contribution in [0.25, 0.3) is 33.4 Å². The second kappa shape index (κ2) is 18.4. The fraction of sp³-hybridized carbons (Fsp3) is 0.175. The normalized spacial score (nSPS) is 13.7. The minimum Gasteiger partial charge on any atom is -0.465 e. The summed E-state index contributed by atoms with van der Waals surface area (Å²) in [6, 6.07) is 4.87. The molecule has 0 unspecified atom stereocenters. The number of carbonyl (C=O) groups is 3. The third-order valence-corrected chi connectivity index (χ3v) is 8.68. The number of hydrogen-bond donors (Lipinski definition) is 3. The Bertz CT molecular complexity index is 2980. The lowest BCUT2D eigenvalue weighted by Crippen LogP contribution is -2.30. The number of halogens is 14. The van der Waals surface area contributed by atoms with Gasteiger partial charge >= 0.3 is 36.9 Å². The molecule has 0 atom stereocenters. The van der Waals surface area contributed by atoms with Gasteiger partial charge in [0, 0.05) is 68.1 Å². The largest absolute Gasteiger partial charge is 0.465 e. The van der Waals surface area contributed by atoms with Crippen LogP contribution in [-0.2, 0) is 36.0 Å². The number of nitrogens with one attached hydrogen (secondary N) is 1. The Kier molecular flexibility index (Phi) is 11.5. The summed E-state index contributed by atoms with van der Waals surface area (Å²) in [6.07, 6.45) is -21.9. The quantitative estimate of drug-likeness (QED) is 0.128. The second-order valence-electron chi connectivity index (χ2n) is 13.2. The zero-order valence-corrected chi connectivity index (χ0v) is 32.1. The molecule has 0 fully saturated rings. The van der Waals surface area contributed by atoms with Crippen LogP contribution in [0.1, 0.15) is 30.5 Å². The third-order valence-electron chi connectivity index (χ3n) is 8.68. The lowest BCUT2D eigenvalue weighted by molar-refractivity contribution is -0.144. The number of anilines is 2. The number of amides is 3. The molecule has 0 aliphatic carbocycles. The van der Waals surface area contributed by atoms with Gasteiger partial charge in [0.25, 0.3) is 0 Å². The minimum absolute atomic E-state index is 0.0383. The van der Waals surface area contributed by atoms with E-state index >= 15 is 0 Å². The van der Waals surface area contributed by atoms with Gasteiger partial charge < -0.3 is 15.6 Å². The summed E-state index contributed by atoms with van der Waals surface area (Å²) in [7, 11) is 0. The number of benzene rings is 4. The molecule has 0 aliphatic heterocycles. The summed E-state index contributed by atoms with van der Waals surface area (Å²) in [5.74, 6) is -4.36. The van der Waals surface area contributed by atoms with E-state index in [0.717, 1.165) is 53.7 Å². The van der Waals surface area contributed by atoms with Gasteiger partial charge in [-0.25, -0.2) is 18.4 Å². The van der Waals surface area contributed by atoms with E-state index < -0.39 is 142 Å². The maximum absolute atomic E-state index is 14.3. The van der Waals surface area contributed by atoms with Crippen molar-refractivity contribution in [2.45, 2.75) is 31.2 Å². The Hall–Kier alpha value is -7.67. The van der Waals surface area contributed by atoms with Crippen molar-refractivity contribution in [3.8, 4) is 39.1 Å². The fourth-order valence-electron chi connectivity index (χ4n) is 5.86. The molecule has 0 bridgehead atoms. The van der Waals surface area contributed by atoms with Gasteiger partial charge in [0.05, 0.1) is 40.3 Å². The van der Waals surface area contributed by atoms with Crippen molar-refractivity contribution in [2.24, 2.45) is 5.73 Å². The molecular formula is C40H27F14N7O5. The van der Waals surface area contributed by atoms with Gasteiger partial charge in [0.2, 0.25) is 5.91 Å². The van der Waals surface area contributed by atoms with Crippen LogP contribution >= 0.6 is 0 Å². The number of alkyl halides is 12. The topological polar surface area (TPSA) is 160 Å². The zero-order valence-electron chi connectivity index (χ0n) is 38.1. The molecule has 0 spiro atoms. The summed E-state index contributed by atoms with van der Waals surface area (Å²) in [5.41, 5.74) is -8.34. The van der Waals surface area contributed by atoms with Crippen LogP contribution in [0.2, 0.25) is 0 Å². The highest BCUT2D eigenvalue weighted by Gasteiger charge is 2.43. The van der Waals surface area contributed by atoms with Crippen LogP contribution in [0.4, 0.5) is 82.4 Å². The van der Waals surface area contributed by atoms with E-state index in [1.54, 1.807) is 0 Å². The average Bonchev–Trinajstić information content (AvgIpc) is 3.93. The van der Waals surface area contributed by atoms with E-state index in [2.05, 4.69) is 15.3 Å². The van der Waals surface area contributed by atoms with Gasteiger partial charge in [-0.05, 0) is 72.3 Å². The first-order valence-electron chi connectivity index (χ1n) is 20.5. The SMILES string of the molecule is [2H]C([2H])([2H])N(C(=O)O)c1ccc(F)cc1-c1c(-c2cnn(CC(N)=O)c2)cc(C(F)(F)F)cc1C(F)(F)F.[2H]C([2H])([2H])N(C(=O)Oc1c(-c2cn[nH]c2)cc(C(F)(F)F)cc1C(F)(F)F)c1ccc(F)cc1. The Labute approximate surface area is 368 Å². The zero-order chi connectivity index (χ0) is 54.3. The van der Waals surface area contributed by atoms with Crippen molar-refractivity contribution in [1.29, 1.82) is 0 Å². The Morgan fingerprint density at radius 3 is 1.82 bits per heavy atom. The van der Waals surface area contributed by atoms with E-state index in [-0.39, 0.29) is 33.6 Å². The molecule has 4 aromatic carbocycles. The first-order valence-corrected chi connectivity index (χ1v) is 17.5. The molecule has 3 amide bonds. The summed E-state index contributed by atoms with van der Waals surface area (Å²) >= 11 is 0. The molecular weight excluding hydrogens is 924 g/mol. The second-order valence-corrected chi connectivity index (χ2v) is 13.2. The van der Waals surface area contributed by atoms with E-state index in [4.69, 9.17) is 18.7 Å². The number of aromatic nitrogens is 4. The molecule has 2 aromatic heterocycles. The fourth-order valence-corrected chi connectivity index (χ4v) is 5.86. The lowest BCUT2D eigenvalue weighted by atomic mass is 9.88. The number of hydrogen-bond acceptors (Lipinski definition) is 6. The number of H-pyrrole nitrogens is 1. The molecule has 0 radical (unpaired) electrons. The molecule has 350 valence electrons. The standard InChI is InChI=1S/C21H15F7N4O3.C19H12F7N3O2/c1-31(19(34)35)16-3-2-12(22)6-14(16)18-13(10-7-30-32(8-10)9-17(29)33)4-11(20(23,24)25)5-15(18)21(26,27)28;1-29(13-4-2-12(20)3-5-13)17(30)31-16-14(10-8-27-28-9-10)6-11(18(21,22)23)7-15(16)19(24,25)26/h2-8H,9H2,1H3,(H2,29,33)(H,34,35);2-9H,1H3,(H,27,28)/i2*1D3. The molecule has 2 heterocycles. The maximum atomic E-state index is 14.3. The Morgan fingerprint density at radius 1 is 0.727 bits per heavy atom. The summed E-state index contributed by atoms with van der Waals surface area (Å²) in [4.78, 5) is 35.4. The van der Waals surface area contributed by atoms with Crippen LogP contribution in [0.15, 0.2) is 91.5 Å². The number of nitrogens with two attached hydrogens (primary N) is 1. The van der Waals surface area contributed by atoms with Gasteiger partial charge in [-0.15, -0.1) is 0 Å². The number of rotatable bonds is 8. The first-order chi connectivity index (χ1) is 32.9. The van der Waals surface area contributed by atoms with Crippen molar-refractivity contribution >= 4 is 29.5 Å². The molecule has 4 N–H and O–H groups in total. The molecule has 12 nitrogen and oxygen atoms in total. The van der Waals surface area contributed by atoms with Crippen molar-refractivity contribution < 1.29 is 93.9 Å². The molecule has 6 rings (SSSR count). The monoisotopic (exact) mass is 957 g/mol. The number of nitrogens with zero attached hydrogens (tertiary/aromatic N) is 5. The number of carbonyl (C=O) groups excluding carboxylic acids is 2. The lowest BCUT2D eigenvalue weighted by Gasteiger charge is -2.24. The number of ether oxygens (including phenoxy) is 1. The molecule has 26 heteroatoms. The van der Waals surface area contributed by atoms with Gasteiger partial charge in [-0.3, -0.25) is 24.4 Å². The van der Waals surface area contributed by atoms with E-state index in [0.29, 0.717) is 24.3 Å². The minimum atomic E-state index is -5.52. The van der Waals surface area contributed by atoms with Gasteiger partial charge in [0.1, 0.15) is 18.2 Å². The van der Waals surface area contributed by atoms with Crippen molar-refractivity contribution in [3.63, 3.8) is 0 Å². The number of aromatic amines is 1. The van der Waals surface area contributed by atoms with E-state index in [1.165, 1.54) is 0 Å². The van der Waals surface area contributed by atoms with Crippen LogP contribution < -0.4 is 20.3 Å². The first kappa shape index (κ1) is 41.1. The summed E-state index contributed by atoms with van der Waals surface area (Å²) < 4.78 is 243. The van der Waals surface area contributed by atoms with Gasteiger partial charge in [-0.2, -0.15) is 62.9 Å². The average molecular weight is 958 g/mol. The van der Waals surface area contributed by atoms with Crippen molar-refractivity contribution in [1.82, 2.24) is 20.0 Å². The highest BCUT2D eigenvalue weighted by Crippen LogP contribution is 2.49. The van der Waals surface area contributed by atoms with Crippen LogP contribution in [0, 0.1) is 11.6 Å². The highest BCUT2D eigenvalue weighted by atomic mass is 19.4. The van der Waals surface area contributed by atoms with E-state index in [1.807, 2.05) is 0 Å². The smallest absolute Gasteiger partial charge is 0.420 e. The van der Waals surface area contributed by atoms with Gasteiger partial charge in [0.15, 0.2) is 5.75 Å². The molecule has 0 saturated heterocycles. The van der Waals surface area contributed by atoms with E-state index in [9.17, 15) is 81.0 Å². The summed E-state index contributed by atoms with van der Waals surface area (Å²) in [6.45, 7) is -7.41. The summed E-state index contributed by atoms with van der Waals surface area (Å²) in [5, 5.41) is 18.9. The molecule has 0 saturated carbocycles. The predicted molar refractivity (Wildman–Crippen MR) is 204 cm³/mol. The Morgan fingerprint density at radius 2 is 1.30 bits per heavy atom. The van der Waals surface area contributed by atoms with Crippen LogP contribution in [0.3, 0.4) is 0 Å². The Balaban J connectivity index is 0.000000269. The van der Waals surface area contributed by atoms with Crippen LogP contribution in [0.5, 0.6) is 5.75 Å². The van der Waals surface area contributed by atoms with Crippen molar-refractivity contribution in [3.05, 3.63) is 125 Å². The highest BCUT2D eigenvalue weighted by molar-refractivity contribution is 5.97. The van der Waals surface area contributed by atoms with Gasteiger partial charge in [-0.1, -0.05) is 0 Å². The predicted octanol–water partition coefficient (Wildman–Crippen LogP) is 10.9. The number of primary amides is 1. The maximum Gasteiger partial charge on any atom is 0.420 e. The number of carboxylic acid groups (broad SMARTS) is 1. The van der Waals surface area contributed by atoms with Crippen molar-refractivity contribution in [2.75, 3.05) is 23.8 Å². The molecule has 0 aliphatic rings. The molecule has 66 heavy (non-hydrogen) atoms.